The van der Waals surface area contributed by atoms with Gasteiger partial charge in [-0.2, -0.15) is 0 Å². The number of esters is 1. The third-order valence-electron chi connectivity index (χ3n) is 5.32. The lowest BCUT2D eigenvalue weighted by atomic mass is 9.84. The summed E-state index contributed by atoms with van der Waals surface area (Å²) < 4.78 is 4.68. The van der Waals surface area contributed by atoms with E-state index >= 15 is 0 Å². The Morgan fingerprint density at radius 3 is 2.14 bits per heavy atom. The fourth-order valence-electron chi connectivity index (χ4n) is 3.39. The highest BCUT2D eigenvalue weighted by Crippen LogP contribution is 2.31. The van der Waals surface area contributed by atoms with Crippen LogP contribution in [0, 0.1) is 0 Å². The molecule has 29 heavy (non-hydrogen) atoms. The van der Waals surface area contributed by atoms with E-state index in [0.717, 1.165) is 16.7 Å². The zero-order valence-electron chi connectivity index (χ0n) is 17.4. The van der Waals surface area contributed by atoms with Crippen molar-refractivity contribution < 1.29 is 19.1 Å². The zero-order valence-corrected chi connectivity index (χ0v) is 17.4. The second-order valence-corrected chi connectivity index (χ2v) is 8.46. The van der Waals surface area contributed by atoms with E-state index in [-0.39, 0.29) is 17.9 Å². The van der Waals surface area contributed by atoms with Gasteiger partial charge < -0.3 is 10.1 Å². The van der Waals surface area contributed by atoms with Crippen LogP contribution < -0.4 is 5.32 Å². The fraction of sp³-hybridized carbons (Fsp3) is 0.348. The second kappa shape index (κ2) is 7.35. The number of amides is 3. The maximum Gasteiger partial charge on any atom is 0.337 e. The molecule has 2 aromatic carbocycles. The summed E-state index contributed by atoms with van der Waals surface area (Å²) in [5.41, 5.74) is 1.95. The highest BCUT2D eigenvalue weighted by molar-refractivity contribution is 6.07. The number of ether oxygens (including phenoxy) is 1. The van der Waals surface area contributed by atoms with Gasteiger partial charge in [-0.1, -0.05) is 57.2 Å². The first kappa shape index (κ1) is 20.6. The molecule has 3 rings (SSSR count). The van der Waals surface area contributed by atoms with Crippen LogP contribution in [0.3, 0.4) is 0 Å². The largest absolute Gasteiger partial charge is 0.465 e. The summed E-state index contributed by atoms with van der Waals surface area (Å²) in [6.07, 6.45) is 0. The Morgan fingerprint density at radius 1 is 1.03 bits per heavy atom. The van der Waals surface area contributed by atoms with Crippen LogP contribution in [0.25, 0.3) is 0 Å². The van der Waals surface area contributed by atoms with Gasteiger partial charge in [0.25, 0.3) is 5.91 Å². The van der Waals surface area contributed by atoms with E-state index in [1.54, 1.807) is 31.2 Å². The van der Waals surface area contributed by atoms with Crippen molar-refractivity contribution in [3.05, 3.63) is 70.8 Å². The fourth-order valence-corrected chi connectivity index (χ4v) is 3.39. The molecule has 1 saturated heterocycles. The third kappa shape index (κ3) is 3.88. The third-order valence-corrected chi connectivity index (χ3v) is 5.32. The molecule has 6 nitrogen and oxygen atoms in total. The first-order chi connectivity index (χ1) is 13.6. The number of urea groups is 1. The highest BCUT2D eigenvalue weighted by atomic mass is 16.5. The molecule has 0 bridgehead atoms. The van der Waals surface area contributed by atoms with Crippen LogP contribution >= 0.6 is 0 Å². The molecule has 0 aromatic heterocycles. The van der Waals surface area contributed by atoms with Crippen LogP contribution in [0.5, 0.6) is 0 Å². The van der Waals surface area contributed by atoms with Gasteiger partial charge in [-0.3, -0.25) is 9.69 Å². The molecule has 6 heteroatoms. The van der Waals surface area contributed by atoms with Crippen LogP contribution in [-0.2, 0) is 27.0 Å². The Bertz CT molecular complexity index is 942. The molecule has 1 N–H and O–H groups in total. The van der Waals surface area contributed by atoms with Crippen molar-refractivity contribution in [1.82, 2.24) is 10.2 Å². The molecular formula is C23H26N2O4. The van der Waals surface area contributed by atoms with Gasteiger partial charge >= 0.3 is 12.0 Å². The lowest BCUT2D eigenvalue weighted by molar-refractivity contribution is -0.131. The number of hydrogen-bond acceptors (Lipinski definition) is 4. The standard InChI is InChI=1S/C23H26N2O4/c1-22(2,3)17-10-12-18(13-11-17)23(4)20(27)25(21(28)24-23)14-15-6-8-16(9-7-15)19(26)29-5/h6-13H,14H2,1-5H3,(H,24,28)/t23-/m1/s1. The summed E-state index contributed by atoms with van der Waals surface area (Å²) in [5.74, 6) is -0.735. The molecule has 1 aliphatic rings. The average molecular weight is 394 g/mol. The second-order valence-electron chi connectivity index (χ2n) is 8.46. The van der Waals surface area contributed by atoms with Gasteiger partial charge in [0.05, 0.1) is 19.2 Å². The van der Waals surface area contributed by atoms with Gasteiger partial charge in [0, 0.05) is 0 Å². The van der Waals surface area contributed by atoms with E-state index in [9.17, 15) is 14.4 Å². The topological polar surface area (TPSA) is 75.7 Å². The number of imide groups is 1. The molecule has 1 atom stereocenters. The highest BCUT2D eigenvalue weighted by Gasteiger charge is 2.48. The zero-order chi connectivity index (χ0) is 21.4. The van der Waals surface area contributed by atoms with Crippen LogP contribution in [-0.4, -0.2) is 29.9 Å². The van der Waals surface area contributed by atoms with Crippen LogP contribution in [0.15, 0.2) is 48.5 Å². The summed E-state index contributed by atoms with van der Waals surface area (Å²) in [4.78, 5) is 38.4. The predicted octanol–water partition coefficient (Wildman–Crippen LogP) is 3.74. The molecule has 2 aromatic rings. The van der Waals surface area contributed by atoms with Crippen LogP contribution in [0.2, 0.25) is 0 Å². The summed E-state index contributed by atoms with van der Waals surface area (Å²) in [6, 6.07) is 14.0. The molecule has 1 fully saturated rings. The van der Waals surface area contributed by atoms with Crippen molar-refractivity contribution in [1.29, 1.82) is 0 Å². The minimum atomic E-state index is -1.11. The van der Waals surface area contributed by atoms with Gasteiger partial charge in [-0.15, -0.1) is 0 Å². The SMILES string of the molecule is COC(=O)c1ccc(CN2C(=O)N[C@](C)(c3ccc(C(C)(C)C)cc3)C2=O)cc1. The smallest absolute Gasteiger partial charge is 0.337 e. The normalized spacial score (nSPS) is 19.3. The maximum absolute atomic E-state index is 13.1. The van der Waals surface area contributed by atoms with Gasteiger partial charge in [-0.25, -0.2) is 9.59 Å². The number of hydrogen-bond donors (Lipinski definition) is 1. The molecule has 3 amide bonds. The minimum Gasteiger partial charge on any atom is -0.465 e. The first-order valence-corrected chi connectivity index (χ1v) is 9.48. The number of carbonyl (C=O) groups excluding carboxylic acids is 3. The summed E-state index contributed by atoms with van der Waals surface area (Å²) in [7, 11) is 1.32. The lowest BCUT2D eigenvalue weighted by Gasteiger charge is -2.24. The molecule has 1 heterocycles. The quantitative estimate of drug-likeness (QED) is 0.633. The van der Waals surface area contributed by atoms with E-state index in [0.29, 0.717) is 5.56 Å². The van der Waals surface area contributed by atoms with E-state index in [1.807, 2.05) is 24.3 Å². The molecular weight excluding hydrogens is 368 g/mol. The minimum absolute atomic E-state index is 0.00473. The maximum atomic E-state index is 13.1. The number of rotatable bonds is 4. The van der Waals surface area contributed by atoms with Crippen molar-refractivity contribution in [3.8, 4) is 0 Å². The Hall–Kier alpha value is -3.15. The van der Waals surface area contributed by atoms with E-state index in [2.05, 4.69) is 30.8 Å². The van der Waals surface area contributed by atoms with Crippen molar-refractivity contribution in [2.45, 2.75) is 45.2 Å². The molecule has 1 aliphatic heterocycles. The van der Waals surface area contributed by atoms with Crippen LogP contribution in [0.1, 0.15) is 54.7 Å². The van der Waals surface area contributed by atoms with Crippen molar-refractivity contribution in [3.63, 3.8) is 0 Å². The van der Waals surface area contributed by atoms with Crippen molar-refractivity contribution >= 4 is 17.9 Å². The van der Waals surface area contributed by atoms with E-state index < -0.39 is 17.5 Å². The molecule has 0 spiro atoms. The van der Waals surface area contributed by atoms with E-state index in [1.165, 1.54) is 12.0 Å². The Labute approximate surface area is 170 Å². The van der Waals surface area contributed by atoms with E-state index in [4.69, 9.17) is 0 Å². The molecule has 0 saturated carbocycles. The van der Waals surface area contributed by atoms with Crippen LogP contribution in [0.4, 0.5) is 4.79 Å². The Kier molecular flexibility index (Phi) is 5.22. The summed E-state index contributed by atoms with van der Waals surface area (Å²) >= 11 is 0. The van der Waals surface area contributed by atoms with Gasteiger partial charge in [-0.05, 0) is 41.2 Å². The first-order valence-electron chi connectivity index (χ1n) is 9.48. The van der Waals surface area contributed by atoms with Crippen molar-refractivity contribution in [2.24, 2.45) is 0 Å². The average Bonchev–Trinajstić information content (AvgIpc) is 2.91. The molecule has 152 valence electrons. The molecule has 0 radical (unpaired) electrons. The number of carbonyl (C=O) groups is 3. The number of nitrogens with one attached hydrogen (secondary N) is 1. The van der Waals surface area contributed by atoms with Crippen molar-refractivity contribution in [2.75, 3.05) is 7.11 Å². The Morgan fingerprint density at radius 2 is 1.62 bits per heavy atom. The summed E-state index contributed by atoms with van der Waals surface area (Å²) in [5, 5.41) is 2.83. The van der Waals surface area contributed by atoms with Gasteiger partial charge in [0.2, 0.25) is 0 Å². The monoisotopic (exact) mass is 394 g/mol. The number of nitrogens with zero attached hydrogens (tertiary/aromatic N) is 1. The van der Waals surface area contributed by atoms with Gasteiger partial charge in [0.1, 0.15) is 5.54 Å². The van der Waals surface area contributed by atoms with Gasteiger partial charge in [0.15, 0.2) is 0 Å². The number of methoxy groups -OCH3 is 1. The molecule has 0 unspecified atom stereocenters. The molecule has 0 aliphatic carbocycles. The predicted molar refractivity (Wildman–Crippen MR) is 109 cm³/mol. The summed E-state index contributed by atoms with van der Waals surface area (Å²) in [6.45, 7) is 8.22. The lowest BCUT2D eigenvalue weighted by Crippen LogP contribution is -2.40. The Balaban J connectivity index is 1.81. The number of benzene rings is 2.